The van der Waals surface area contributed by atoms with Crippen LogP contribution < -0.4 is 5.32 Å². The van der Waals surface area contributed by atoms with E-state index in [1.807, 2.05) is 18.3 Å². The fourth-order valence-electron chi connectivity index (χ4n) is 4.65. The number of ether oxygens (including phenoxy) is 1. The summed E-state index contributed by atoms with van der Waals surface area (Å²) in [6, 6.07) is 17.3. The Morgan fingerprint density at radius 1 is 1.06 bits per heavy atom. The molecule has 7 heteroatoms. The van der Waals surface area contributed by atoms with Crippen molar-refractivity contribution in [3.05, 3.63) is 65.9 Å². The van der Waals surface area contributed by atoms with E-state index >= 15 is 0 Å². The van der Waals surface area contributed by atoms with Gasteiger partial charge in [-0.15, -0.1) is 5.10 Å². The molecule has 32 heavy (non-hydrogen) atoms. The number of aliphatic hydroxyl groups excluding tert-OH is 1. The summed E-state index contributed by atoms with van der Waals surface area (Å²) in [6.07, 6.45) is 4.52. The fourth-order valence-corrected chi connectivity index (χ4v) is 4.65. The highest BCUT2D eigenvalue weighted by Gasteiger charge is 2.19. The summed E-state index contributed by atoms with van der Waals surface area (Å²) in [7, 11) is 0. The summed E-state index contributed by atoms with van der Waals surface area (Å²) < 4.78 is 7.19. The summed E-state index contributed by atoms with van der Waals surface area (Å²) in [5.74, 6) is 0. The van der Waals surface area contributed by atoms with Gasteiger partial charge in [0.1, 0.15) is 5.69 Å². The normalized spacial score (nSPS) is 18.3. The second kappa shape index (κ2) is 9.81. The number of β-amino-alcohol motifs (C(OH)–C–C–N with tert-alkyl or cyclic N) is 1. The molecule has 5 rings (SSSR count). The maximum atomic E-state index is 10.7. The number of rotatable bonds is 7. The van der Waals surface area contributed by atoms with Gasteiger partial charge >= 0.3 is 0 Å². The molecule has 0 aliphatic carbocycles. The molecule has 0 saturated carbocycles. The minimum absolute atomic E-state index is 0.436. The predicted molar refractivity (Wildman–Crippen MR) is 124 cm³/mol. The summed E-state index contributed by atoms with van der Waals surface area (Å²) in [5.41, 5.74) is 5.72. The molecule has 2 aromatic carbocycles. The largest absolute Gasteiger partial charge is 0.390 e. The van der Waals surface area contributed by atoms with Gasteiger partial charge in [0.15, 0.2) is 0 Å². The van der Waals surface area contributed by atoms with Crippen LogP contribution in [-0.2, 0) is 24.2 Å². The Bertz CT molecular complexity index is 1030. The quantitative estimate of drug-likeness (QED) is 0.597. The summed E-state index contributed by atoms with van der Waals surface area (Å²) in [6.45, 7) is 4.57. The second-order valence-corrected chi connectivity index (χ2v) is 8.85. The van der Waals surface area contributed by atoms with E-state index in [9.17, 15) is 5.11 Å². The van der Waals surface area contributed by atoms with E-state index in [0.29, 0.717) is 19.1 Å². The van der Waals surface area contributed by atoms with Crippen molar-refractivity contribution in [2.24, 2.45) is 0 Å². The van der Waals surface area contributed by atoms with Gasteiger partial charge in [-0.1, -0.05) is 41.6 Å². The van der Waals surface area contributed by atoms with E-state index in [2.05, 4.69) is 56.9 Å². The lowest BCUT2D eigenvalue weighted by Gasteiger charge is -2.30. The zero-order valence-corrected chi connectivity index (χ0v) is 18.4. The Balaban J connectivity index is 1.17. The van der Waals surface area contributed by atoms with E-state index in [0.717, 1.165) is 62.5 Å². The van der Waals surface area contributed by atoms with Crippen molar-refractivity contribution in [1.29, 1.82) is 0 Å². The van der Waals surface area contributed by atoms with Crippen LogP contribution in [0.4, 0.5) is 5.69 Å². The molecule has 1 atom stereocenters. The Hall–Kier alpha value is -2.74. The van der Waals surface area contributed by atoms with Crippen LogP contribution in [0, 0.1) is 0 Å². The second-order valence-electron chi connectivity index (χ2n) is 8.85. The molecule has 2 aliphatic rings. The number of fused-ring (bicyclic) bond motifs is 1. The number of hydrogen-bond donors (Lipinski definition) is 2. The molecule has 168 valence electrons. The smallest absolute Gasteiger partial charge is 0.113 e. The van der Waals surface area contributed by atoms with Crippen molar-refractivity contribution < 1.29 is 9.84 Å². The molecule has 2 aliphatic heterocycles. The van der Waals surface area contributed by atoms with E-state index in [1.165, 1.54) is 11.1 Å². The third-order valence-electron chi connectivity index (χ3n) is 6.37. The molecular formula is C25H31N5O2. The van der Waals surface area contributed by atoms with Crippen molar-refractivity contribution >= 4 is 5.69 Å². The summed E-state index contributed by atoms with van der Waals surface area (Å²) >= 11 is 0. The molecule has 2 N–H and O–H groups in total. The Labute approximate surface area is 189 Å². The molecule has 3 aromatic rings. The van der Waals surface area contributed by atoms with Crippen LogP contribution in [0.15, 0.2) is 54.7 Å². The minimum Gasteiger partial charge on any atom is -0.390 e. The van der Waals surface area contributed by atoms with Gasteiger partial charge in [-0.2, -0.15) is 0 Å². The third-order valence-corrected chi connectivity index (χ3v) is 6.37. The molecule has 1 aromatic heterocycles. The van der Waals surface area contributed by atoms with Crippen LogP contribution >= 0.6 is 0 Å². The number of nitrogens with one attached hydrogen (secondary N) is 1. The van der Waals surface area contributed by atoms with Gasteiger partial charge in [0, 0.05) is 50.1 Å². The molecule has 0 bridgehead atoms. The minimum atomic E-state index is -0.490. The van der Waals surface area contributed by atoms with E-state index in [1.54, 1.807) is 4.68 Å². The lowest BCUT2D eigenvalue weighted by molar-refractivity contribution is 0.0884. The molecule has 3 heterocycles. The van der Waals surface area contributed by atoms with E-state index in [4.69, 9.17) is 4.74 Å². The van der Waals surface area contributed by atoms with Gasteiger partial charge in [0.2, 0.25) is 0 Å². The van der Waals surface area contributed by atoms with Gasteiger partial charge in [-0.05, 0) is 42.5 Å². The lowest BCUT2D eigenvalue weighted by atomic mass is 10.00. The fraction of sp³-hybridized carbons (Fsp3) is 0.440. The maximum absolute atomic E-state index is 10.7. The first-order chi connectivity index (χ1) is 15.7. The number of aromatic nitrogens is 3. The van der Waals surface area contributed by atoms with Crippen LogP contribution in [-0.4, -0.2) is 63.4 Å². The molecule has 0 radical (unpaired) electrons. The first-order valence-corrected chi connectivity index (χ1v) is 11.5. The Morgan fingerprint density at radius 2 is 1.91 bits per heavy atom. The average molecular weight is 434 g/mol. The molecule has 0 amide bonds. The highest BCUT2D eigenvalue weighted by Crippen LogP contribution is 2.23. The lowest BCUT2D eigenvalue weighted by Crippen LogP contribution is -2.38. The Morgan fingerprint density at radius 3 is 2.78 bits per heavy atom. The molecule has 1 unspecified atom stereocenters. The van der Waals surface area contributed by atoms with Crippen molar-refractivity contribution in [3.8, 4) is 11.3 Å². The number of nitrogens with zero attached hydrogens (tertiary/aromatic N) is 4. The highest BCUT2D eigenvalue weighted by atomic mass is 16.5. The van der Waals surface area contributed by atoms with Gasteiger partial charge in [-0.3, -0.25) is 4.90 Å². The number of hydrogen-bond acceptors (Lipinski definition) is 6. The van der Waals surface area contributed by atoms with Gasteiger partial charge < -0.3 is 15.2 Å². The predicted octanol–water partition coefficient (Wildman–Crippen LogP) is 2.96. The topological polar surface area (TPSA) is 75.4 Å². The van der Waals surface area contributed by atoms with Crippen LogP contribution in [0.3, 0.4) is 0 Å². The van der Waals surface area contributed by atoms with Crippen LogP contribution in [0.5, 0.6) is 0 Å². The van der Waals surface area contributed by atoms with Crippen LogP contribution in [0.25, 0.3) is 11.3 Å². The van der Waals surface area contributed by atoms with Gasteiger partial charge in [0.25, 0.3) is 0 Å². The third kappa shape index (κ3) is 5.18. The SMILES string of the molecule is OC(CN1CCc2ccccc2C1)Cn1cc(-c2cccc(NC3CCOCC3)c2)nn1. The zero-order chi connectivity index (χ0) is 21.8. The average Bonchev–Trinajstić information content (AvgIpc) is 3.28. The van der Waals surface area contributed by atoms with Crippen LogP contribution in [0.1, 0.15) is 24.0 Å². The first-order valence-electron chi connectivity index (χ1n) is 11.5. The standard InChI is InChI=1S/C25H31N5O2/c31-24(16-29-11-8-19-4-1-2-5-21(19)15-29)17-30-18-25(27-28-30)20-6-3-7-23(14-20)26-22-9-12-32-13-10-22/h1-7,14,18,22,24,26,31H,8-13,15-17H2. The van der Waals surface area contributed by atoms with Gasteiger partial charge in [0.05, 0.1) is 18.8 Å². The van der Waals surface area contributed by atoms with E-state index < -0.39 is 6.10 Å². The molecule has 7 nitrogen and oxygen atoms in total. The van der Waals surface area contributed by atoms with Crippen molar-refractivity contribution in [1.82, 2.24) is 19.9 Å². The molecule has 1 fully saturated rings. The first kappa shape index (κ1) is 21.1. The van der Waals surface area contributed by atoms with Gasteiger partial charge in [-0.25, -0.2) is 4.68 Å². The van der Waals surface area contributed by atoms with Crippen molar-refractivity contribution in [2.45, 2.75) is 44.5 Å². The molecule has 1 saturated heterocycles. The van der Waals surface area contributed by atoms with Crippen molar-refractivity contribution in [3.63, 3.8) is 0 Å². The summed E-state index contributed by atoms with van der Waals surface area (Å²) in [5, 5.41) is 22.9. The maximum Gasteiger partial charge on any atom is 0.113 e. The Kier molecular flexibility index (Phi) is 6.48. The number of anilines is 1. The number of benzene rings is 2. The summed E-state index contributed by atoms with van der Waals surface area (Å²) in [4.78, 5) is 2.32. The molecule has 0 spiro atoms. The van der Waals surface area contributed by atoms with Crippen molar-refractivity contribution in [2.75, 3.05) is 31.6 Å². The van der Waals surface area contributed by atoms with Crippen LogP contribution in [0.2, 0.25) is 0 Å². The number of aliphatic hydroxyl groups is 1. The zero-order valence-electron chi connectivity index (χ0n) is 18.4. The highest BCUT2D eigenvalue weighted by molar-refractivity contribution is 5.64. The molecular weight excluding hydrogens is 402 g/mol. The monoisotopic (exact) mass is 433 g/mol. The van der Waals surface area contributed by atoms with E-state index in [-0.39, 0.29) is 0 Å².